The maximum Gasteiger partial charge on any atom is 0.226 e. The van der Waals surface area contributed by atoms with Gasteiger partial charge in [0.05, 0.1) is 11.0 Å². The number of likely N-dealkylation sites (tertiary alicyclic amines) is 1. The van der Waals surface area contributed by atoms with Crippen LogP contribution >= 0.6 is 0 Å². The number of piperidine rings is 1. The standard InChI is InChI=1S/C29H38N4O2/c1-17-15-19-20-10-9-18(16-24(34)32-27-30-22-7-5-6-8-23(22)31-27)28(20,2)13-11-21(19)29(3)14-12-25(35)33(4)26(17)29/h5-8,18-21H,9-16H2,1-4H3,(H2,30,31,32,34)/t18-,19+,20+,21+,28-,29-/m1/s1. The Labute approximate surface area is 207 Å². The quantitative estimate of drug-likeness (QED) is 0.582. The molecule has 186 valence electrons. The van der Waals surface area contributed by atoms with E-state index >= 15 is 0 Å². The highest BCUT2D eigenvalue weighted by atomic mass is 16.2. The molecule has 0 spiro atoms. The van der Waals surface area contributed by atoms with Crippen molar-refractivity contribution in [1.82, 2.24) is 14.9 Å². The van der Waals surface area contributed by atoms with E-state index in [2.05, 4.69) is 36.1 Å². The first kappa shape index (κ1) is 22.8. The van der Waals surface area contributed by atoms with Crippen LogP contribution in [0.1, 0.15) is 72.1 Å². The van der Waals surface area contributed by atoms with Gasteiger partial charge in [-0.25, -0.2) is 4.98 Å². The van der Waals surface area contributed by atoms with E-state index in [-0.39, 0.29) is 22.6 Å². The zero-order valence-corrected chi connectivity index (χ0v) is 21.5. The fourth-order valence-electron chi connectivity index (χ4n) is 8.97. The third-order valence-electron chi connectivity index (χ3n) is 10.6. The average Bonchev–Trinajstić information content (AvgIpc) is 3.37. The van der Waals surface area contributed by atoms with Crippen LogP contribution in [0.15, 0.2) is 35.5 Å². The smallest absolute Gasteiger partial charge is 0.226 e. The molecule has 35 heavy (non-hydrogen) atoms. The monoisotopic (exact) mass is 474 g/mol. The summed E-state index contributed by atoms with van der Waals surface area (Å²) in [6, 6.07) is 7.86. The van der Waals surface area contributed by atoms with Crippen molar-refractivity contribution in [2.75, 3.05) is 12.4 Å². The molecule has 6 rings (SSSR count). The first-order chi connectivity index (χ1) is 16.7. The Bertz CT molecular complexity index is 1200. The van der Waals surface area contributed by atoms with Crippen LogP contribution in [-0.4, -0.2) is 33.7 Å². The number of anilines is 1. The van der Waals surface area contributed by atoms with Crippen LogP contribution in [0.25, 0.3) is 11.0 Å². The first-order valence-electron chi connectivity index (χ1n) is 13.4. The van der Waals surface area contributed by atoms with E-state index in [1.807, 2.05) is 36.2 Å². The number of rotatable bonds is 3. The number of amides is 2. The number of aromatic amines is 1. The number of hydrogen-bond acceptors (Lipinski definition) is 3. The van der Waals surface area contributed by atoms with Crippen molar-refractivity contribution in [3.8, 4) is 0 Å². The number of carbonyl (C=O) groups is 2. The van der Waals surface area contributed by atoms with Crippen molar-refractivity contribution in [2.45, 2.75) is 72.1 Å². The summed E-state index contributed by atoms with van der Waals surface area (Å²) in [6.07, 6.45) is 8.05. The van der Waals surface area contributed by atoms with E-state index in [4.69, 9.17) is 0 Å². The fraction of sp³-hybridized carbons (Fsp3) is 0.621. The summed E-state index contributed by atoms with van der Waals surface area (Å²) in [5, 5.41) is 3.04. The molecule has 6 atom stereocenters. The number of para-hydroxylation sites is 2. The van der Waals surface area contributed by atoms with Crippen molar-refractivity contribution >= 4 is 28.8 Å². The van der Waals surface area contributed by atoms with E-state index < -0.39 is 0 Å². The second-order valence-electron chi connectivity index (χ2n) is 12.3. The molecule has 3 aliphatic carbocycles. The van der Waals surface area contributed by atoms with Gasteiger partial charge < -0.3 is 9.88 Å². The van der Waals surface area contributed by atoms with Crippen LogP contribution in [-0.2, 0) is 9.59 Å². The lowest BCUT2D eigenvalue weighted by atomic mass is 9.48. The number of aromatic nitrogens is 2. The lowest BCUT2D eigenvalue weighted by Gasteiger charge is -2.59. The maximum absolute atomic E-state index is 13.1. The Morgan fingerprint density at radius 1 is 1.17 bits per heavy atom. The summed E-state index contributed by atoms with van der Waals surface area (Å²) in [7, 11) is 1.98. The third-order valence-corrected chi connectivity index (χ3v) is 10.6. The lowest BCUT2D eigenvalue weighted by molar-refractivity contribution is -0.136. The molecule has 1 aliphatic heterocycles. The number of imidazole rings is 1. The number of nitrogens with zero attached hydrogens (tertiary/aromatic N) is 2. The SMILES string of the molecule is CC1=C2N(C)C(=O)CC[C@]2(C)[C@H]2CC[C@]3(C)[C@@H](CC(=O)Nc4nc5ccccc5[nH]4)CC[C@H]3[C@@H]2C1. The number of hydrogen-bond donors (Lipinski definition) is 2. The van der Waals surface area contributed by atoms with Gasteiger partial charge in [0.15, 0.2) is 0 Å². The highest BCUT2D eigenvalue weighted by Crippen LogP contribution is 2.67. The van der Waals surface area contributed by atoms with Gasteiger partial charge in [-0.3, -0.25) is 14.9 Å². The molecule has 2 amide bonds. The maximum atomic E-state index is 13.1. The van der Waals surface area contributed by atoms with Gasteiger partial charge >= 0.3 is 0 Å². The van der Waals surface area contributed by atoms with Gasteiger partial charge in [0, 0.05) is 31.0 Å². The molecular formula is C29H38N4O2. The van der Waals surface area contributed by atoms with E-state index in [9.17, 15) is 9.59 Å². The van der Waals surface area contributed by atoms with Gasteiger partial charge in [-0.05, 0) is 86.7 Å². The minimum atomic E-state index is 0.0689. The van der Waals surface area contributed by atoms with Gasteiger partial charge in [-0.15, -0.1) is 0 Å². The number of nitrogens with one attached hydrogen (secondary N) is 2. The molecule has 6 heteroatoms. The van der Waals surface area contributed by atoms with Crippen LogP contribution in [0.4, 0.5) is 5.95 Å². The van der Waals surface area contributed by atoms with Crippen LogP contribution in [0.3, 0.4) is 0 Å². The Balaban J connectivity index is 1.20. The fourth-order valence-corrected chi connectivity index (χ4v) is 8.97. The molecule has 0 bridgehead atoms. The highest BCUT2D eigenvalue weighted by molar-refractivity contribution is 5.91. The Hall–Kier alpha value is -2.63. The number of benzene rings is 1. The number of allylic oxidation sites excluding steroid dienone is 2. The van der Waals surface area contributed by atoms with Crippen LogP contribution in [0.2, 0.25) is 0 Å². The highest BCUT2D eigenvalue weighted by Gasteiger charge is 2.60. The molecule has 2 saturated carbocycles. The van der Waals surface area contributed by atoms with Crippen LogP contribution in [0.5, 0.6) is 0 Å². The Morgan fingerprint density at radius 2 is 1.97 bits per heavy atom. The summed E-state index contributed by atoms with van der Waals surface area (Å²) in [6.45, 7) is 7.16. The summed E-state index contributed by atoms with van der Waals surface area (Å²) >= 11 is 0. The lowest BCUT2D eigenvalue weighted by Crippen LogP contribution is -2.54. The minimum absolute atomic E-state index is 0.0689. The predicted octanol–water partition coefficient (Wildman–Crippen LogP) is 5.89. The topological polar surface area (TPSA) is 78.1 Å². The first-order valence-corrected chi connectivity index (χ1v) is 13.4. The van der Waals surface area contributed by atoms with Crippen molar-refractivity contribution in [3.63, 3.8) is 0 Å². The van der Waals surface area contributed by atoms with Crippen LogP contribution in [0, 0.1) is 34.5 Å². The molecule has 0 unspecified atom stereocenters. The Morgan fingerprint density at radius 3 is 2.77 bits per heavy atom. The normalized spacial score (nSPS) is 36.7. The molecule has 2 N–H and O–H groups in total. The van der Waals surface area contributed by atoms with Gasteiger partial charge in [0.25, 0.3) is 0 Å². The van der Waals surface area contributed by atoms with E-state index in [1.54, 1.807) is 0 Å². The predicted molar refractivity (Wildman–Crippen MR) is 137 cm³/mol. The largest absolute Gasteiger partial charge is 0.324 e. The molecule has 1 aromatic carbocycles. The third kappa shape index (κ3) is 3.39. The zero-order valence-electron chi connectivity index (χ0n) is 21.5. The zero-order chi connectivity index (χ0) is 24.5. The molecular weight excluding hydrogens is 436 g/mol. The van der Waals surface area contributed by atoms with Crippen molar-refractivity contribution in [1.29, 1.82) is 0 Å². The summed E-state index contributed by atoms with van der Waals surface area (Å²) in [4.78, 5) is 35.3. The molecule has 1 aromatic heterocycles. The van der Waals surface area contributed by atoms with Crippen LogP contribution < -0.4 is 5.32 Å². The second kappa shape index (κ2) is 7.94. The van der Waals surface area contributed by atoms with Gasteiger partial charge in [-0.1, -0.05) is 31.6 Å². The molecule has 6 nitrogen and oxygen atoms in total. The van der Waals surface area contributed by atoms with Gasteiger partial charge in [-0.2, -0.15) is 0 Å². The van der Waals surface area contributed by atoms with Crippen molar-refractivity contribution < 1.29 is 9.59 Å². The summed E-state index contributed by atoms with van der Waals surface area (Å²) < 4.78 is 0. The number of fused-ring (bicyclic) bond motifs is 6. The minimum Gasteiger partial charge on any atom is -0.324 e. The number of H-pyrrole nitrogens is 1. The molecule has 2 heterocycles. The second-order valence-corrected chi connectivity index (χ2v) is 12.3. The molecule has 4 aliphatic rings. The molecule has 3 fully saturated rings. The van der Waals surface area contributed by atoms with Crippen molar-refractivity contribution in [3.05, 3.63) is 35.5 Å². The average molecular weight is 475 g/mol. The summed E-state index contributed by atoms with van der Waals surface area (Å²) in [5.74, 6) is 3.25. The van der Waals surface area contributed by atoms with Gasteiger partial charge in [0.1, 0.15) is 0 Å². The number of carbonyl (C=O) groups excluding carboxylic acids is 2. The molecule has 2 aromatic rings. The molecule has 1 saturated heterocycles. The summed E-state index contributed by atoms with van der Waals surface area (Å²) in [5.41, 5.74) is 4.86. The van der Waals surface area contributed by atoms with Gasteiger partial charge in [0.2, 0.25) is 17.8 Å². The Kier molecular flexibility index (Phi) is 5.17. The molecule has 0 radical (unpaired) electrons. The van der Waals surface area contributed by atoms with E-state index in [1.165, 1.54) is 30.5 Å². The van der Waals surface area contributed by atoms with E-state index in [0.717, 1.165) is 30.3 Å². The van der Waals surface area contributed by atoms with Crippen molar-refractivity contribution in [2.24, 2.45) is 34.5 Å². The van der Waals surface area contributed by atoms with E-state index in [0.29, 0.717) is 42.5 Å².